The molecule has 0 radical (unpaired) electrons. The summed E-state index contributed by atoms with van der Waals surface area (Å²) in [4.78, 5) is 0. The first-order chi connectivity index (χ1) is 14.6. The number of rotatable bonds is 8. The number of hydrazone groups is 1. The summed E-state index contributed by atoms with van der Waals surface area (Å²) in [5, 5.41) is 4.42. The summed E-state index contributed by atoms with van der Waals surface area (Å²) in [5.74, 6) is 0.845. The van der Waals surface area contributed by atoms with Crippen LogP contribution in [-0.4, -0.2) is 53.2 Å². The molecule has 1 unspecified atom stereocenters. The molecule has 3 rings (SSSR count). The van der Waals surface area contributed by atoms with Crippen LogP contribution < -0.4 is 14.2 Å². The molecule has 0 saturated carbocycles. The molecular weight excluding hydrogens is 442 g/mol. The third-order valence-corrected chi connectivity index (χ3v) is 7.08. The zero-order valence-corrected chi connectivity index (χ0v) is 19.3. The molecule has 1 N–H and O–H groups in total. The average Bonchev–Trinajstić information content (AvgIpc) is 3.18. The molecule has 0 bridgehead atoms. The number of hydrogen-bond donors (Lipinski definition) is 1. The van der Waals surface area contributed by atoms with E-state index in [0.717, 1.165) is 10.7 Å². The lowest BCUT2D eigenvalue weighted by Crippen LogP contribution is -2.28. The Morgan fingerprint density at radius 2 is 1.74 bits per heavy atom. The quantitative estimate of drug-likeness (QED) is 0.638. The van der Waals surface area contributed by atoms with Gasteiger partial charge in [0, 0.05) is 17.7 Å². The van der Waals surface area contributed by atoms with Crippen molar-refractivity contribution in [1.82, 2.24) is 4.41 Å². The van der Waals surface area contributed by atoms with Crippen LogP contribution >= 0.6 is 0 Å². The Balaban J connectivity index is 2.02. The van der Waals surface area contributed by atoms with Crippen LogP contribution in [0.25, 0.3) is 0 Å². The van der Waals surface area contributed by atoms with E-state index in [1.807, 2.05) is 0 Å². The third kappa shape index (κ3) is 4.93. The Morgan fingerprint density at radius 3 is 2.29 bits per heavy atom. The molecule has 1 atom stereocenters. The largest absolute Gasteiger partial charge is 0.493 e. The number of nitrogens with zero attached hydrogens (tertiary/aromatic N) is 2. The fourth-order valence-electron chi connectivity index (χ4n) is 3.40. The van der Waals surface area contributed by atoms with E-state index in [-0.39, 0.29) is 5.75 Å². The van der Waals surface area contributed by atoms with Gasteiger partial charge in [0.1, 0.15) is 0 Å². The van der Waals surface area contributed by atoms with E-state index in [2.05, 4.69) is 9.82 Å². The van der Waals surface area contributed by atoms with Gasteiger partial charge in [0.2, 0.25) is 20.0 Å². The number of nitrogens with one attached hydrogen (secondary N) is 1. The first-order valence-electron chi connectivity index (χ1n) is 9.48. The minimum Gasteiger partial charge on any atom is -0.493 e. The van der Waals surface area contributed by atoms with Crippen molar-refractivity contribution in [3.63, 3.8) is 0 Å². The molecule has 1 heterocycles. The maximum atomic E-state index is 12.8. The van der Waals surface area contributed by atoms with Gasteiger partial charge in [-0.25, -0.2) is 16.8 Å². The third-order valence-electron chi connectivity index (χ3n) is 4.84. The molecule has 9 nitrogen and oxygen atoms in total. The van der Waals surface area contributed by atoms with Gasteiger partial charge in [0.15, 0.2) is 11.5 Å². The van der Waals surface area contributed by atoms with Crippen LogP contribution in [0, 0.1) is 0 Å². The fraction of sp³-hybridized carbons (Fsp3) is 0.350. The molecule has 0 spiro atoms. The second kappa shape index (κ2) is 8.75. The smallest absolute Gasteiger partial charge is 0.250 e. The lowest BCUT2D eigenvalue weighted by molar-refractivity contribution is 0.328. The van der Waals surface area contributed by atoms with Crippen molar-refractivity contribution < 1.29 is 26.3 Å². The first-order valence-corrected chi connectivity index (χ1v) is 13.0. The zero-order chi connectivity index (χ0) is 22.8. The van der Waals surface area contributed by atoms with Gasteiger partial charge in [-0.1, -0.05) is 24.3 Å². The van der Waals surface area contributed by atoms with Crippen LogP contribution in [0.4, 0.5) is 5.69 Å². The summed E-state index contributed by atoms with van der Waals surface area (Å²) < 4.78 is 62.8. The van der Waals surface area contributed by atoms with Crippen molar-refractivity contribution in [2.75, 3.05) is 31.0 Å². The van der Waals surface area contributed by atoms with Crippen molar-refractivity contribution in [1.29, 1.82) is 0 Å². The number of para-hydroxylation sites is 1. The van der Waals surface area contributed by atoms with Crippen molar-refractivity contribution in [3.05, 3.63) is 53.6 Å². The highest BCUT2D eigenvalue weighted by Crippen LogP contribution is 2.42. The van der Waals surface area contributed by atoms with Crippen molar-refractivity contribution in [3.8, 4) is 11.5 Å². The van der Waals surface area contributed by atoms with Gasteiger partial charge in [-0.05, 0) is 30.7 Å². The summed E-state index contributed by atoms with van der Waals surface area (Å²) in [5.41, 5.74) is 2.32. The molecule has 1 aliphatic rings. The summed E-state index contributed by atoms with van der Waals surface area (Å²) in [7, 11) is -4.03. The second-order valence-electron chi connectivity index (χ2n) is 6.97. The van der Waals surface area contributed by atoms with Crippen LogP contribution in [0.1, 0.15) is 30.5 Å². The number of hydrogen-bond acceptors (Lipinski definition) is 7. The Bertz CT molecular complexity index is 1190. The van der Waals surface area contributed by atoms with E-state index < -0.39 is 26.1 Å². The number of benzene rings is 2. The monoisotopic (exact) mass is 467 g/mol. The molecule has 0 aliphatic carbocycles. The van der Waals surface area contributed by atoms with E-state index in [1.165, 1.54) is 14.2 Å². The summed E-state index contributed by atoms with van der Waals surface area (Å²) >= 11 is 0. The highest BCUT2D eigenvalue weighted by Gasteiger charge is 2.38. The van der Waals surface area contributed by atoms with Gasteiger partial charge >= 0.3 is 0 Å². The molecular formula is C20H25N3O6S2. The van der Waals surface area contributed by atoms with Gasteiger partial charge in [0.05, 0.1) is 38.0 Å². The molecule has 0 aromatic heterocycles. The van der Waals surface area contributed by atoms with Gasteiger partial charge in [-0.15, -0.1) is 0 Å². The van der Waals surface area contributed by atoms with Crippen molar-refractivity contribution in [2.24, 2.45) is 5.10 Å². The molecule has 31 heavy (non-hydrogen) atoms. The van der Waals surface area contributed by atoms with E-state index in [9.17, 15) is 16.8 Å². The SMILES string of the molecule is CCS(=O)(=O)N1N=C(c2ccc(NS(C)(=O)=O)cc2)CC1c1cccc(OC)c1OC. The number of methoxy groups -OCH3 is 2. The molecule has 0 saturated heterocycles. The number of ether oxygens (including phenoxy) is 2. The number of sulfonamides is 2. The summed E-state index contributed by atoms with van der Waals surface area (Å²) in [6.45, 7) is 1.56. The Kier molecular flexibility index (Phi) is 6.46. The maximum absolute atomic E-state index is 12.8. The van der Waals surface area contributed by atoms with Gasteiger partial charge < -0.3 is 9.47 Å². The van der Waals surface area contributed by atoms with Crippen LogP contribution in [0.2, 0.25) is 0 Å². The van der Waals surface area contributed by atoms with Gasteiger partial charge in [-0.2, -0.15) is 9.52 Å². The topological polar surface area (TPSA) is 114 Å². The standard InChI is InChI=1S/C20H25N3O6S2/c1-5-31(26,27)23-18(16-7-6-8-19(28-2)20(16)29-3)13-17(21-23)14-9-11-15(12-10-14)22-30(4,24)25/h6-12,18,22H,5,13H2,1-4H3. The van der Waals surface area contributed by atoms with Crippen LogP contribution in [0.3, 0.4) is 0 Å². The first kappa shape index (κ1) is 22.9. The summed E-state index contributed by atoms with van der Waals surface area (Å²) in [6.07, 6.45) is 1.39. The fourth-order valence-corrected chi connectivity index (χ4v) is 5.03. The lowest BCUT2D eigenvalue weighted by atomic mass is 9.98. The Labute approximate surface area is 182 Å². The van der Waals surface area contributed by atoms with E-state index in [1.54, 1.807) is 49.4 Å². The minimum absolute atomic E-state index is 0.107. The van der Waals surface area contributed by atoms with E-state index in [0.29, 0.717) is 40.4 Å². The normalized spacial score (nSPS) is 16.7. The van der Waals surface area contributed by atoms with Crippen LogP contribution in [0.5, 0.6) is 11.5 Å². The van der Waals surface area contributed by atoms with Crippen LogP contribution in [0.15, 0.2) is 47.6 Å². The predicted octanol–water partition coefficient (Wildman–Crippen LogP) is 2.58. The molecule has 168 valence electrons. The molecule has 0 amide bonds. The molecule has 2 aromatic carbocycles. The minimum atomic E-state index is -3.66. The highest BCUT2D eigenvalue weighted by atomic mass is 32.2. The second-order valence-corrected chi connectivity index (χ2v) is 10.8. The van der Waals surface area contributed by atoms with Crippen LogP contribution in [-0.2, 0) is 20.0 Å². The van der Waals surface area contributed by atoms with Crippen molar-refractivity contribution in [2.45, 2.75) is 19.4 Å². The van der Waals surface area contributed by atoms with E-state index >= 15 is 0 Å². The average molecular weight is 468 g/mol. The zero-order valence-electron chi connectivity index (χ0n) is 17.7. The van der Waals surface area contributed by atoms with Gasteiger partial charge in [0.25, 0.3) is 0 Å². The van der Waals surface area contributed by atoms with E-state index in [4.69, 9.17) is 9.47 Å². The molecule has 1 aliphatic heterocycles. The molecule has 0 fully saturated rings. The number of anilines is 1. The lowest BCUT2D eigenvalue weighted by Gasteiger charge is -2.24. The molecule has 2 aromatic rings. The Morgan fingerprint density at radius 1 is 1.06 bits per heavy atom. The maximum Gasteiger partial charge on any atom is 0.250 e. The summed E-state index contributed by atoms with van der Waals surface area (Å²) in [6, 6.07) is 11.3. The highest BCUT2D eigenvalue weighted by molar-refractivity contribution is 7.92. The molecule has 11 heteroatoms. The Hall–Kier alpha value is -2.79. The van der Waals surface area contributed by atoms with Gasteiger partial charge in [-0.3, -0.25) is 4.72 Å². The predicted molar refractivity (Wildman–Crippen MR) is 120 cm³/mol. The van der Waals surface area contributed by atoms with Crippen molar-refractivity contribution >= 4 is 31.4 Å².